The number of nitrogens with zero attached hydrogens (tertiary/aromatic N) is 3. The lowest BCUT2D eigenvalue weighted by atomic mass is 9.88. The maximum atomic E-state index is 12.0. The number of amides is 1. The van der Waals surface area contributed by atoms with Crippen LogP contribution in [0.25, 0.3) is 11.1 Å². The first-order chi connectivity index (χ1) is 11.9. The second-order valence-corrected chi connectivity index (χ2v) is 7.05. The number of aliphatic imine (C=N–C) groups is 1. The topological polar surface area (TPSA) is 71.6 Å². The number of aryl methyl sites for hydroxylation is 1. The smallest absolute Gasteiger partial charge is 0.231 e. The summed E-state index contributed by atoms with van der Waals surface area (Å²) >= 11 is 5.98. The molecule has 0 radical (unpaired) electrons. The van der Waals surface area contributed by atoms with Crippen LogP contribution in [0.2, 0.25) is 5.15 Å². The van der Waals surface area contributed by atoms with Gasteiger partial charge in [-0.25, -0.2) is 9.98 Å². The number of carbonyl (C=O) groups excluding carboxylic acids is 1. The molecule has 1 aliphatic heterocycles. The van der Waals surface area contributed by atoms with Gasteiger partial charge < -0.3 is 5.73 Å². The molecule has 0 spiro atoms. The van der Waals surface area contributed by atoms with Crippen LogP contribution in [0, 0.1) is 0 Å². The van der Waals surface area contributed by atoms with Crippen LogP contribution in [0.15, 0.2) is 47.6 Å². The Morgan fingerprint density at radius 3 is 2.69 bits per heavy atom. The molecule has 1 unspecified atom stereocenters. The van der Waals surface area contributed by atoms with E-state index < -0.39 is 5.54 Å². The molecule has 1 aromatic heterocycles. The molecular weight excluding hydrogens is 371 g/mol. The molecule has 2 heterocycles. The van der Waals surface area contributed by atoms with Crippen LogP contribution in [0.4, 0.5) is 0 Å². The third-order valence-corrected chi connectivity index (χ3v) is 4.78. The Kier molecular flexibility index (Phi) is 6.26. The Bertz CT molecular complexity index is 840. The van der Waals surface area contributed by atoms with Crippen LogP contribution in [0.5, 0.6) is 0 Å². The first-order valence-corrected chi connectivity index (χ1v) is 8.57. The van der Waals surface area contributed by atoms with E-state index in [1.165, 1.54) is 10.5 Å². The molecule has 0 bridgehead atoms. The molecule has 2 N–H and O–H groups in total. The minimum absolute atomic E-state index is 0. The van der Waals surface area contributed by atoms with E-state index in [-0.39, 0.29) is 18.3 Å². The molecule has 1 aromatic carbocycles. The van der Waals surface area contributed by atoms with Gasteiger partial charge in [-0.05, 0) is 48.6 Å². The summed E-state index contributed by atoms with van der Waals surface area (Å²) in [5.41, 5.74) is 8.72. The van der Waals surface area contributed by atoms with Crippen molar-refractivity contribution in [1.82, 2.24) is 9.88 Å². The van der Waals surface area contributed by atoms with Crippen LogP contribution in [0.3, 0.4) is 0 Å². The van der Waals surface area contributed by atoms with Gasteiger partial charge >= 0.3 is 0 Å². The van der Waals surface area contributed by atoms with Gasteiger partial charge in [-0.1, -0.05) is 35.9 Å². The van der Waals surface area contributed by atoms with E-state index in [4.69, 9.17) is 17.3 Å². The number of nitrogens with two attached hydrogens (primary N) is 1. The van der Waals surface area contributed by atoms with Crippen molar-refractivity contribution in [1.29, 1.82) is 0 Å². The fourth-order valence-corrected chi connectivity index (χ4v) is 3.18. The number of guanidine groups is 1. The van der Waals surface area contributed by atoms with E-state index in [2.05, 4.69) is 22.1 Å². The normalized spacial score (nSPS) is 19.7. The second kappa shape index (κ2) is 8.06. The van der Waals surface area contributed by atoms with Gasteiger partial charge in [0.25, 0.3) is 0 Å². The number of halogens is 2. The van der Waals surface area contributed by atoms with Crippen molar-refractivity contribution in [2.24, 2.45) is 10.7 Å². The number of aromatic nitrogens is 1. The van der Waals surface area contributed by atoms with Gasteiger partial charge in [0.1, 0.15) is 5.15 Å². The Balaban J connectivity index is 0.00000243. The summed E-state index contributed by atoms with van der Waals surface area (Å²) in [5, 5.41) is 0.477. The Labute approximate surface area is 164 Å². The second-order valence-electron chi connectivity index (χ2n) is 6.66. The molecule has 1 aliphatic rings. The molecule has 0 fully saturated rings. The third-order valence-electron chi connectivity index (χ3n) is 4.57. The van der Waals surface area contributed by atoms with Crippen molar-refractivity contribution in [2.45, 2.75) is 31.7 Å². The van der Waals surface area contributed by atoms with Gasteiger partial charge in [0.15, 0.2) is 5.96 Å². The number of pyridine rings is 1. The standard InChI is InChI=1S/C19H21ClN4O.ClH/c1-19(12-17(25)24(2)18(21)23-19)8-6-13-4-3-5-14(10-13)15-7-9-22-16(20)11-15;/h3-5,7,9-11H,6,8,12H2,1-2H3,(H2,21,23);1H. The summed E-state index contributed by atoms with van der Waals surface area (Å²) in [6.45, 7) is 1.98. The monoisotopic (exact) mass is 392 g/mol. The predicted octanol–water partition coefficient (Wildman–Crippen LogP) is 3.69. The van der Waals surface area contributed by atoms with Crippen molar-refractivity contribution in [3.05, 3.63) is 53.3 Å². The summed E-state index contributed by atoms with van der Waals surface area (Å²) in [5.74, 6) is 0.300. The van der Waals surface area contributed by atoms with E-state index in [0.29, 0.717) is 17.5 Å². The van der Waals surface area contributed by atoms with Gasteiger partial charge in [-0.15, -0.1) is 12.4 Å². The van der Waals surface area contributed by atoms with E-state index in [9.17, 15) is 4.79 Å². The van der Waals surface area contributed by atoms with Crippen molar-refractivity contribution in [3.63, 3.8) is 0 Å². The predicted molar refractivity (Wildman–Crippen MR) is 108 cm³/mol. The van der Waals surface area contributed by atoms with Gasteiger partial charge in [0.2, 0.25) is 5.91 Å². The zero-order chi connectivity index (χ0) is 18.0. The number of benzene rings is 1. The lowest BCUT2D eigenvalue weighted by molar-refractivity contribution is -0.128. The molecule has 1 amide bonds. The van der Waals surface area contributed by atoms with Crippen molar-refractivity contribution < 1.29 is 4.79 Å². The van der Waals surface area contributed by atoms with Crippen molar-refractivity contribution in [3.8, 4) is 11.1 Å². The fourth-order valence-electron chi connectivity index (χ4n) is 3.01. The van der Waals surface area contributed by atoms with Gasteiger partial charge in [-0.3, -0.25) is 9.69 Å². The average Bonchev–Trinajstić information content (AvgIpc) is 2.58. The highest BCUT2D eigenvalue weighted by Gasteiger charge is 2.34. The molecule has 138 valence electrons. The summed E-state index contributed by atoms with van der Waals surface area (Å²) in [6, 6.07) is 12.1. The van der Waals surface area contributed by atoms with Crippen LogP contribution < -0.4 is 5.73 Å². The van der Waals surface area contributed by atoms with E-state index in [1.807, 2.05) is 31.2 Å². The number of hydrogen-bond donors (Lipinski definition) is 1. The number of carbonyl (C=O) groups is 1. The molecule has 26 heavy (non-hydrogen) atoms. The maximum Gasteiger partial charge on any atom is 0.231 e. The van der Waals surface area contributed by atoms with Crippen molar-refractivity contribution >= 4 is 35.9 Å². The SMILES string of the molecule is CN1C(=O)CC(C)(CCc2cccc(-c3ccnc(Cl)c3)c2)N=C1N.Cl. The van der Waals surface area contributed by atoms with E-state index in [1.54, 1.807) is 13.2 Å². The lowest BCUT2D eigenvalue weighted by Gasteiger charge is -2.33. The maximum absolute atomic E-state index is 12.0. The highest BCUT2D eigenvalue weighted by molar-refractivity contribution is 6.29. The van der Waals surface area contributed by atoms with Gasteiger partial charge in [0, 0.05) is 13.2 Å². The Hall–Kier alpha value is -2.11. The van der Waals surface area contributed by atoms with Gasteiger partial charge in [0.05, 0.1) is 12.0 Å². The molecule has 1 atom stereocenters. The van der Waals surface area contributed by atoms with Gasteiger partial charge in [-0.2, -0.15) is 0 Å². The highest BCUT2D eigenvalue weighted by Crippen LogP contribution is 2.28. The molecule has 5 nitrogen and oxygen atoms in total. The van der Waals surface area contributed by atoms with E-state index >= 15 is 0 Å². The quantitative estimate of drug-likeness (QED) is 0.806. The molecule has 7 heteroatoms. The summed E-state index contributed by atoms with van der Waals surface area (Å²) in [7, 11) is 1.66. The van der Waals surface area contributed by atoms with E-state index in [0.717, 1.165) is 24.0 Å². The molecule has 0 saturated heterocycles. The lowest BCUT2D eigenvalue weighted by Crippen LogP contribution is -2.48. The summed E-state index contributed by atoms with van der Waals surface area (Å²) in [6.07, 6.45) is 3.65. The molecular formula is C19H22Cl2N4O. The Morgan fingerprint density at radius 1 is 1.27 bits per heavy atom. The van der Waals surface area contributed by atoms with Crippen LogP contribution in [-0.4, -0.2) is 34.3 Å². The number of hydrogen-bond acceptors (Lipinski definition) is 4. The van der Waals surface area contributed by atoms with Crippen molar-refractivity contribution in [2.75, 3.05) is 7.05 Å². The largest absolute Gasteiger partial charge is 0.369 e. The Morgan fingerprint density at radius 2 is 2.00 bits per heavy atom. The summed E-state index contributed by atoms with van der Waals surface area (Å²) in [4.78, 5) is 22.0. The zero-order valence-corrected chi connectivity index (χ0v) is 16.3. The molecule has 2 aromatic rings. The first-order valence-electron chi connectivity index (χ1n) is 8.19. The third kappa shape index (κ3) is 4.54. The number of rotatable bonds is 4. The highest BCUT2D eigenvalue weighted by atomic mass is 35.5. The summed E-state index contributed by atoms with van der Waals surface area (Å²) < 4.78 is 0. The van der Waals surface area contributed by atoms with Crippen LogP contribution in [0.1, 0.15) is 25.3 Å². The molecule has 0 aliphatic carbocycles. The fraction of sp³-hybridized carbons (Fsp3) is 0.316. The molecule has 0 saturated carbocycles. The molecule has 3 rings (SSSR count). The minimum Gasteiger partial charge on any atom is -0.369 e. The van der Waals surface area contributed by atoms with Crippen LogP contribution in [-0.2, 0) is 11.2 Å². The minimum atomic E-state index is -0.455. The zero-order valence-electron chi connectivity index (χ0n) is 14.8. The average molecular weight is 393 g/mol. The first kappa shape index (κ1) is 20.2. The van der Waals surface area contributed by atoms with Crippen LogP contribution >= 0.6 is 24.0 Å².